The van der Waals surface area contributed by atoms with Gasteiger partial charge >= 0.3 is 0 Å². The largest absolute Gasteiger partial charge is 0.426 e. The lowest BCUT2D eigenvalue weighted by Gasteiger charge is -2.24. The maximum Gasteiger partial charge on any atom is 0.291 e. The molecule has 1 aliphatic carbocycles. The molecule has 3 aromatic heterocycles. The van der Waals surface area contributed by atoms with Gasteiger partial charge in [0.2, 0.25) is 0 Å². The van der Waals surface area contributed by atoms with Crippen LogP contribution in [0, 0.1) is 5.92 Å². The van der Waals surface area contributed by atoms with E-state index in [1.807, 2.05) is 50.4 Å². The van der Waals surface area contributed by atoms with Gasteiger partial charge < -0.3 is 27.9 Å². The Morgan fingerprint density at radius 3 is 2.84 bits per heavy atom. The third-order valence-electron chi connectivity index (χ3n) is 7.28. The molecule has 4 aromatic rings. The van der Waals surface area contributed by atoms with Gasteiger partial charge in [0.25, 0.3) is 5.95 Å². The fourth-order valence-electron chi connectivity index (χ4n) is 5.62. The predicted molar refractivity (Wildman–Crippen MR) is 140 cm³/mol. The number of hydrogen-bond donors (Lipinski definition) is 0. The molecule has 9 heteroatoms. The summed E-state index contributed by atoms with van der Waals surface area (Å²) in [6, 6.07) is 9.79. The number of fused-ring (bicyclic) bond motifs is 4. The fraction of sp³-hybridized carbons (Fsp3) is 0.500. The first-order chi connectivity index (χ1) is 17.9. The zero-order valence-corrected chi connectivity index (χ0v) is 22.1. The van der Waals surface area contributed by atoms with E-state index in [4.69, 9.17) is 35.0 Å². The Hall–Kier alpha value is -2.65. The zero-order chi connectivity index (χ0) is 25.6. The Morgan fingerprint density at radius 2 is 1.97 bits per heavy atom. The van der Waals surface area contributed by atoms with Gasteiger partial charge in [0.15, 0.2) is 5.79 Å². The molecule has 2 fully saturated rings. The van der Waals surface area contributed by atoms with Crippen LogP contribution in [0.4, 0.5) is 0 Å². The van der Waals surface area contributed by atoms with E-state index >= 15 is 0 Å². The average Bonchev–Trinajstić information content (AvgIpc) is 3.57. The van der Waals surface area contributed by atoms with E-state index in [0.29, 0.717) is 23.6 Å². The number of aromatic nitrogens is 3. The van der Waals surface area contributed by atoms with Crippen molar-refractivity contribution in [1.82, 2.24) is 14.5 Å². The van der Waals surface area contributed by atoms with Gasteiger partial charge in [-0.1, -0.05) is 31.4 Å². The molecule has 1 saturated heterocycles. The van der Waals surface area contributed by atoms with Crippen molar-refractivity contribution in [3.63, 3.8) is 0 Å². The monoisotopic (exact) mass is 525 g/mol. The van der Waals surface area contributed by atoms with Crippen LogP contribution in [0.2, 0.25) is 5.15 Å². The smallest absolute Gasteiger partial charge is 0.291 e. The summed E-state index contributed by atoms with van der Waals surface area (Å²) in [6.07, 6.45) is 8.02. The number of ether oxygens (including phenoxy) is 4. The molecule has 3 bridgehead atoms. The number of hydrogen-bond acceptors (Lipinski definition) is 7. The molecular weight excluding hydrogens is 494 g/mol. The molecule has 37 heavy (non-hydrogen) atoms. The maximum atomic E-state index is 6.29. The summed E-state index contributed by atoms with van der Waals surface area (Å²) in [4.78, 5) is 8.54. The molecule has 5 heterocycles. The van der Waals surface area contributed by atoms with E-state index in [0.717, 1.165) is 47.2 Å². The van der Waals surface area contributed by atoms with Gasteiger partial charge in [-0.2, -0.15) is 0 Å². The molecule has 0 radical (unpaired) electrons. The number of nitrogens with zero attached hydrogens (tertiary/aromatic N) is 3. The Balaban J connectivity index is 0.000000207. The van der Waals surface area contributed by atoms with E-state index in [2.05, 4.69) is 21.5 Å². The van der Waals surface area contributed by atoms with Crippen LogP contribution >= 0.6 is 11.6 Å². The summed E-state index contributed by atoms with van der Waals surface area (Å²) in [7, 11) is 0. The summed E-state index contributed by atoms with van der Waals surface area (Å²) >= 11 is 6.23. The minimum absolute atomic E-state index is 0.0198. The van der Waals surface area contributed by atoms with Crippen molar-refractivity contribution in [2.45, 2.75) is 70.5 Å². The molecule has 0 unspecified atom stereocenters. The van der Waals surface area contributed by atoms with Crippen molar-refractivity contribution in [1.29, 1.82) is 0 Å². The lowest BCUT2D eigenvalue weighted by Crippen LogP contribution is -2.28. The van der Waals surface area contributed by atoms with Gasteiger partial charge in [-0.3, -0.25) is 0 Å². The first-order valence-corrected chi connectivity index (χ1v) is 13.4. The van der Waals surface area contributed by atoms with E-state index in [9.17, 15) is 0 Å². The molecular formula is C28H32ClN3O5. The maximum absolute atomic E-state index is 6.29. The van der Waals surface area contributed by atoms with E-state index in [1.54, 1.807) is 0 Å². The average molecular weight is 526 g/mol. The van der Waals surface area contributed by atoms with E-state index in [1.165, 1.54) is 19.2 Å². The van der Waals surface area contributed by atoms with Crippen LogP contribution in [0.1, 0.15) is 52.5 Å². The van der Waals surface area contributed by atoms with Crippen molar-refractivity contribution in [3.05, 3.63) is 48.0 Å². The minimum Gasteiger partial charge on any atom is -0.426 e. The Kier molecular flexibility index (Phi) is 6.61. The molecule has 196 valence electrons. The van der Waals surface area contributed by atoms with Gasteiger partial charge in [-0.15, -0.1) is 0 Å². The highest BCUT2D eigenvalue weighted by Gasteiger charge is 2.54. The third kappa shape index (κ3) is 4.83. The number of halogens is 1. The summed E-state index contributed by atoms with van der Waals surface area (Å²) in [5, 5.41) is 2.47. The third-order valence-corrected chi connectivity index (χ3v) is 7.58. The van der Waals surface area contributed by atoms with Gasteiger partial charge in [0.05, 0.1) is 24.1 Å². The zero-order valence-electron chi connectivity index (χ0n) is 21.4. The van der Waals surface area contributed by atoms with Crippen LogP contribution < -0.4 is 4.74 Å². The standard InChI is InChI=1S/C20H28ClN3O3.C8H4O2/c1-4-5-6-9-25-11-13-10-15(17-16(13)26-20(2,3)27-17)24-8-7-14-18(21)22-12-23-19(14)24;1-2-7-5-3-6(1)9-8(4-5)10-7/h7-8,12-13,15-17H,4-6,9-11H2,1-3H3;1-4H/t13-,15-,16-,17+;/m1./s1. The van der Waals surface area contributed by atoms with Gasteiger partial charge in [-0.25, -0.2) is 9.97 Å². The first kappa shape index (κ1) is 24.7. The van der Waals surface area contributed by atoms with Crippen molar-refractivity contribution >= 4 is 33.6 Å². The van der Waals surface area contributed by atoms with E-state index in [-0.39, 0.29) is 18.2 Å². The van der Waals surface area contributed by atoms with Crippen LogP contribution in [-0.2, 0) is 14.2 Å². The molecule has 1 aromatic carbocycles. The van der Waals surface area contributed by atoms with Gasteiger partial charge in [0, 0.05) is 30.2 Å². The van der Waals surface area contributed by atoms with Crippen LogP contribution in [0.3, 0.4) is 0 Å². The number of rotatable bonds is 7. The molecule has 2 aliphatic heterocycles. The second-order valence-corrected chi connectivity index (χ2v) is 10.8. The SMILES string of the molecule is CCCCCOC[C@H]1C[C@@H](n2ccc3c(Cl)ncnc32)[C@@H]2OC(C)(C)O[C@H]12.c1cc2oc3cc2cc1O3. The van der Waals surface area contributed by atoms with Crippen LogP contribution in [0.5, 0.6) is 11.7 Å². The Labute approximate surface area is 220 Å². The molecule has 3 aliphatic rings. The number of furan rings is 1. The van der Waals surface area contributed by atoms with Gasteiger partial charge in [-0.05, 0) is 51.0 Å². The normalized spacial score (nSPS) is 25.0. The highest BCUT2D eigenvalue weighted by Crippen LogP contribution is 2.48. The highest BCUT2D eigenvalue weighted by atomic mass is 35.5. The molecule has 0 N–H and O–H groups in total. The van der Waals surface area contributed by atoms with Crippen LogP contribution in [0.25, 0.3) is 22.0 Å². The molecule has 0 spiro atoms. The molecule has 1 saturated carbocycles. The first-order valence-electron chi connectivity index (χ1n) is 13.0. The molecule has 4 atom stereocenters. The minimum atomic E-state index is -0.579. The van der Waals surface area contributed by atoms with Crippen molar-refractivity contribution in [2.75, 3.05) is 13.2 Å². The lowest BCUT2D eigenvalue weighted by atomic mass is 10.1. The van der Waals surface area contributed by atoms with Crippen molar-refractivity contribution < 1.29 is 23.4 Å². The topological polar surface area (TPSA) is 80.8 Å². The Bertz CT molecular complexity index is 1390. The van der Waals surface area contributed by atoms with E-state index < -0.39 is 5.79 Å². The summed E-state index contributed by atoms with van der Waals surface area (Å²) in [6.45, 7) is 7.68. The van der Waals surface area contributed by atoms with Crippen LogP contribution in [0.15, 0.2) is 47.3 Å². The van der Waals surface area contributed by atoms with Crippen LogP contribution in [-0.4, -0.2) is 45.7 Å². The fourth-order valence-corrected chi connectivity index (χ4v) is 5.81. The summed E-state index contributed by atoms with van der Waals surface area (Å²) < 4.78 is 31.2. The predicted octanol–water partition coefficient (Wildman–Crippen LogP) is 6.91. The molecule has 8 nitrogen and oxygen atoms in total. The summed E-state index contributed by atoms with van der Waals surface area (Å²) in [5.41, 5.74) is 1.74. The van der Waals surface area contributed by atoms with Crippen molar-refractivity contribution in [2.24, 2.45) is 5.92 Å². The highest BCUT2D eigenvalue weighted by molar-refractivity contribution is 6.33. The second kappa shape index (κ2) is 9.91. The number of benzene rings is 1. The quantitative estimate of drug-likeness (QED) is 0.169. The van der Waals surface area contributed by atoms with Gasteiger partial charge in [0.1, 0.15) is 34.6 Å². The molecule has 7 rings (SSSR count). The second-order valence-electron chi connectivity index (χ2n) is 10.4. The lowest BCUT2D eigenvalue weighted by molar-refractivity contribution is -0.162. The Morgan fingerprint density at radius 1 is 1.11 bits per heavy atom. The molecule has 0 amide bonds. The summed E-state index contributed by atoms with van der Waals surface area (Å²) in [5.74, 6) is 1.20. The van der Waals surface area contributed by atoms with Crippen molar-refractivity contribution in [3.8, 4) is 11.7 Å². The number of unbranched alkanes of at least 4 members (excludes halogenated alkanes) is 2.